The van der Waals surface area contributed by atoms with E-state index < -0.39 is 0 Å². The van der Waals surface area contributed by atoms with E-state index in [0.29, 0.717) is 18.3 Å². The third kappa shape index (κ3) is 5.78. The van der Waals surface area contributed by atoms with E-state index >= 15 is 0 Å². The highest BCUT2D eigenvalue weighted by atomic mass is 16.3. The Kier molecular flexibility index (Phi) is 5.69. The van der Waals surface area contributed by atoms with E-state index in [1.807, 2.05) is 0 Å². The molecule has 3 nitrogen and oxygen atoms in total. The molecule has 0 aliphatic heterocycles. The fourth-order valence-corrected chi connectivity index (χ4v) is 1.85. The molecule has 3 heteroatoms. The molecule has 1 aliphatic carbocycles. The largest absolute Gasteiger partial charge is 0.396 e. The average molecular weight is 213 g/mol. The van der Waals surface area contributed by atoms with E-state index in [0.717, 1.165) is 25.8 Å². The summed E-state index contributed by atoms with van der Waals surface area (Å²) in [6.45, 7) is 3.10. The van der Waals surface area contributed by atoms with Gasteiger partial charge in [-0.1, -0.05) is 13.3 Å². The second kappa shape index (κ2) is 6.83. The first-order chi connectivity index (χ1) is 7.26. The van der Waals surface area contributed by atoms with Gasteiger partial charge in [0, 0.05) is 19.6 Å². The number of nitrogens with one attached hydrogen (secondary N) is 1. The van der Waals surface area contributed by atoms with Crippen molar-refractivity contribution in [3.05, 3.63) is 0 Å². The summed E-state index contributed by atoms with van der Waals surface area (Å²) in [5.74, 6) is 1.30. The SMILES string of the molecule is CCCC(CCO)CNC(=O)CC1CC1. The molecule has 1 unspecified atom stereocenters. The smallest absolute Gasteiger partial charge is 0.220 e. The predicted octanol–water partition coefficient (Wildman–Crippen LogP) is 1.70. The van der Waals surface area contributed by atoms with E-state index in [1.165, 1.54) is 12.8 Å². The van der Waals surface area contributed by atoms with Crippen LogP contribution in [0.1, 0.15) is 45.4 Å². The lowest BCUT2D eigenvalue weighted by atomic mass is 10.0. The predicted molar refractivity (Wildman–Crippen MR) is 60.5 cm³/mol. The lowest BCUT2D eigenvalue weighted by molar-refractivity contribution is -0.121. The van der Waals surface area contributed by atoms with Crippen LogP contribution in [0.5, 0.6) is 0 Å². The van der Waals surface area contributed by atoms with Gasteiger partial charge in [0.15, 0.2) is 0 Å². The summed E-state index contributed by atoms with van der Waals surface area (Å²) in [6, 6.07) is 0. The van der Waals surface area contributed by atoms with Gasteiger partial charge in [-0.2, -0.15) is 0 Å². The van der Waals surface area contributed by atoms with E-state index in [2.05, 4.69) is 12.2 Å². The molecule has 88 valence electrons. The van der Waals surface area contributed by atoms with Crippen molar-refractivity contribution in [1.29, 1.82) is 0 Å². The average Bonchev–Trinajstić information content (AvgIpc) is 2.99. The number of hydrogen-bond donors (Lipinski definition) is 2. The lowest BCUT2D eigenvalue weighted by Crippen LogP contribution is -2.29. The highest BCUT2D eigenvalue weighted by molar-refractivity contribution is 5.76. The van der Waals surface area contributed by atoms with Crippen LogP contribution in [0.2, 0.25) is 0 Å². The summed E-state index contributed by atoms with van der Waals surface area (Å²) in [5, 5.41) is 11.8. The maximum absolute atomic E-state index is 11.4. The summed E-state index contributed by atoms with van der Waals surface area (Å²) < 4.78 is 0. The van der Waals surface area contributed by atoms with Gasteiger partial charge in [-0.15, -0.1) is 0 Å². The number of carbonyl (C=O) groups excluding carboxylic acids is 1. The molecule has 1 atom stereocenters. The number of amides is 1. The molecule has 1 saturated carbocycles. The molecular formula is C12H23NO2. The molecule has 0 aromatic rings. The van der Waals surface area contributed by atoms with Gasteiger partial charge in [-0.3, -0.25) is 4.79 Å². The standard InChI is InChI=1S/C12H23NO2/c1-2-3-11(6-7-14)9-13-12(15)8-10-4-5-10/h10-11,14H,2-9H2,1H3,(H,13,15). The summed E-state index contributed by atoms with van der Waals surface area (Å²) >= 11 is 0. The molecule has 0 heterocycles. The molecule has 1 rings (SSSR count). The van der Waals surface area contributed by atoms with Crippen molar-refractivity contribution in [2.75, 3.05) is 13.2 Å². The minimum atomic E-state index is 0.191. The van der Waals surface area contributed by atoms with Crippen LogP contribution in [-0.4, -0.2) is 24.2 Å². The van der Waals surface area contributed by atoms with Gasteiger partial charge < -0.3 is 10.4 Å². The monoisotopic (exact) mass is 213 g/mol. The minimum Gasteiger partial charge on any atom is -0.396 e. The molecule has 1 fully saturated rings. The molecule has 1 amide bonds. The van der Waals surface area contributed by atoms with Crippen LogP contribution in [0.25, 0.3) is 0 Å². The van der Waals surface area contributed by atoms with Crippen LogP contribution in [0.15, 0.2) is 0 Å². The van der Waals surface area contributed by atoms with E-state index in [9.17, 15) is 4.79 Å². The van der Waals surface area contributed by atoms with E-state index in [-0.39, 0.29) is 12.5 Å². The Morgan fingerprint density at radius 3 is 2.73 bits per heavy atom. The molecule has 2 N–H and O–H groups in total. The zero-order valence-corrected chi connectivity index (χ0v) is 9.67. The third-order valence-corrected chi connectivity index (χ3v) is 2.99. The number of rotatable bonds is 8. The number of aliphatic hydroxyl groups excluding tert-OH is 1. The van der Waals surface area contributed by atoms with Gasteiger partial charge >= 0.3 is 0 Å². The van der Waals surface area contributed by atoms with Crippen molar-refractivity contribution in [3.63, 3.8) is 0 Å². The maximum atomic E-state index is 11.4. The molecule has 0 spiro atoms. The molecule has 15 heavy (non-hydrogen) atoms. The van der Waals surface area contributed by atoms with Gasteiger partial charge in [-0.05, 0) is 37.5 Å². The molecule has 0 aromatic carbocycles. The van der Waals surface area contributed by atoms with Crippen LogP contribution < -0.4 is 5.32 Å². The number of aliphatic hydroxyl groups is 1. The van der Waals surface area contributed by atoms with Crippen molar-refractivity contribution in [1.82, 2.24) is 5.32 Å². The Bertz CT molecular complexity index is 184. The number of carbonyl (C=O) groups is 1. The van der Waals surface area contributed by atoms with Gasteiger partial charge in [0.1, 0.15) is 0 Å². The molecule has 0 saturated heterocycles. The first kappa shape index (κ1) is 12.5. The van der Waals surface area contributed by atoms with Gasteiger partial charge in [-0.25, -0.2) is 0 Å². The van der Waals surface area contributed by atoms with Crippen LogP contribution in [-0.2, 0) is 4.79 Å². The van der Waals surface area contributed by atoms with Crippen LogP contribution in [0, 0.1) is 11.8 Å². The Morgan fingerprint density at radius 2 is 2.20 bits per heavy atom. The minimum absolute atomic E-state index is 0.191. The van der Waals surface area contributed by atoms with Crippen LogP contribution in [0.3, 0.4) is 0 Å². The molecule has 1 aliphatic rings. The van der Waals surface area contributed by atoms with Crippen molar-refractivity contribution in [2.24, 2.45) is 11.8 Å². The Morgan fingerprint density at radius 1 is 1.47 bits per heavy atom. The summed E-state index contributed by atoms with van der Waals surface area (Å²) in [7, 11) is 0. The highest BCUT2D eigenvalue weighted by Crippen LogP contribution is 2.32. The molecule has 0 aromatic heterocycles. The van der Waals surface area contributed by atoms with E-state index in [1.54, 1.807) is 0 Å². The maximum Gasteiger partial charge on any atom is 0.220 e. The van der Waals surface area contributed by atoms with Crippen molar-refractivity contribution in [2.45, 2.75) is 45.4 Å². The summed E-state index contributed by atoms with van der Waals surface area (Å²) in [5.41, 5.74) is 0. The molecule has 0 bridgehead atoms. The zero-order valence-electron chi connectivity index (χ0n) is 9.67. The fourth-order valence-electron chi connectivity index (χ4n) is 1.85. The first-order valence-corrected chi connectivity index (χ1v) is 6.13. The Labute approximate surface area is 92.3 Å². The van der Waals surface area contributed by atoms with Gasteiger partial charge in [0.25, 0.3) is 0 Å². The zero-order chi connectivity index (χ0) is 11.1. The molecule has 0 radical (unpaired) electrons. The van der Waals surface area contributed by atoms with Crippen molar-refractivity contribution < 1.29 is 9.90 Å². The van der Waals surface area contributed by atoms with Gasteiger partial charge in [0.2, 0.25) is 5.91 Å². The first-order valence-electron chi connectivity index (χ1n) is 6.13. The van der Waals surface area contributed by atoms with Crippen LogP contribution in [0.4, 0.5) is 0 Å². The van der Waals surface area contributed by atoms with Crippen molar-refractivity contribution >= 4 is 5.91 Å². The second-order valence-electron chi connectivity index (χ2n) is 4.62. The summed E-state index contributed by atoms with van der Waals surface area (Å²) in [4.78, 5) is 11.4. The Balaban J connectivity index is 2.10. The van der Waals surface area contributed by atoms with Crippen molar-refractivity contribution in [3.8, 4) is 0 Å². The highest BCUT2D eigenvalue weighted by Gasteiger charge is 2.24. The second-order valence-corrected chi connectivity index (χ2v) is 4.62. The number of hydrogen-bond acceptors (Lipinski definition) is 2. The lowest BCUT2D eigenvalue weighted by Gasteiger charge is -2.15. The topological polar surface area (TPSA) is 49.3 Å². The van der Waals surface area contributed by atoms with Gasteiger partial charge in [0.05, 0.1) is 0 Å². The summed E-state index contributed by atoms with van der Waals surface area (Å²) in [6.07, 6.45) is 6.16. The molecular weight excluding hydrogens is 190 g/mol. The van der Waals surface area contributed by atoms with Crippen LogP contribution >= 0.6 is 0 Å². The normalized spacial score (nSPS) is 17.5. The third-order valence-electron chi connectivity index (χ3n) is 2.99. The quantitative estimate of drug-likeness (QED) is 0.645. The van der Waals surface area contributed by atoms with E-state index in [4.69, 9.17) is 5.11 Å². The fraction of sp³-hybridized carbons (Fsp3) is 0.917. The Hall–Kier alpha value is -0.570.